The van der Waals surface area contributed by atoms with Crippen LogP contribution in [0, 0.1) is 13.8 Å². The zero-order valence-electron chi connectivity index (χ0n) is 16.3. The molecule has 9 nitrogen and oxygen atoms in total. The number of hydrogen-bond acceptors (Lipinski definition) is 7. The molecule has 0 saturated carbocycles. The first kappa shape index (κ1) is 19.1. The number of hydrazine groups is 1. The summed E-state index contributed by atoms with van der Waals surface area (Å²) in [6, 6.07) is 16.2. The van der Waals surface area contributed by atoms with Gasteiger partial charge in [-0.25, -0.2) is 9.97 Å². The second-order valence-corrected chi connectivity index (χ2v) is 6.48. The van der Waals surface area contributed by atoms with Gasteiger partial charge in [-0.2, -0.15) is 4.98 Å². The number of amides is 2. The van der Waals surface area contributed by atoms with Gasteiger partial charge in [0.05, 0.1) is 17.0 Å². The van der Waals surface area contributed by atoms with Gasteiger partial charge >= 0.3 is 6.01 Å². The van der Waals surface area contributed by atoms with Crippen LogP contribution in [0.5, 0.6) is 0 Å². The predicted molar refractivity (Wildman–Crippen MR) is 110 cm³/mol. The van der Waals surface area contributed by atoms with Gasteiger partial charge in [0.15, 0.2) is 5.58 Å². The second kappa shape index (κ2) is 8.00. The first-order valence-corrected chi connectivity index (χ1v) is 9.15. The van der Waals surface area contributed by atoms with Gasteiger partial charge in [0.25, 0.3) is 11.8 Å². The number of anilines is 2. The highest BCUT2D eigenvalue weighted by Gasteiger charge is 2.18. The largest absolute Gasteiger partial charge is 0.423 e. The van der Waals surface area contributed by atoms with Gasteiger partial charge < -0.3 is 4.42 Å². The van der Waals surface area contributed by atoms with Crippen LogP contribution >= 0.6 is 0 Å². The van der Waals surface area contributed by atoms with Crippen molar-refractivity contribution in [2.75, 3.05) is 5.32 Å². The van der Waals surface area contributed by atoms with Gasteiger partial charge in [0, 0.05) is 5.56 Å². The van der Waals surface area contributed by atoms with Crippen molar-refractivity contribution in [2.45, 2.75) is 13.8 Å². The lowest BCUT2D eigenvalue weighted by Crippen LogP contribution is -2.42. The molecule has 4 aromatic rings. The lowest BCUT2D eigenvalue weighted by Gasteiger charge is -2.12. The van der Waals surface area contributed by atoms with Crippen molar-refractivity contribution < 1.29 is 14.0 Å². The Kier molecular flexibility index (Phi) is 5.08. The fourth-order valence-corrected chi connectivity index (χ4v) is 2.96. The smallest absolute Gasteiger partial charge is 0.302 e. The van der Waals surface area contributed by atoms with E-state index in [2.05, 4.69) is 31.1 Å². The number of fused-ring (bicyclic) bond motifs is 1. The fraction of sp³-hybridized carbons (Fsp3) is 0.0952. The highest BCUT2D eigenvalue weighted by atomic mass is 16.4. The van der Waals surface area contributed by atoms with E-state index >= 15 is 0 Å². The summed E-state index contributed by atoms with van der Waals surface area (Å²) in [5, 5.41) is 2.91. The van der Waals surface area contributed by atoms with E-state index in [0.717, 1.165) is 0 Å². The number of rotatable bonds is 4. The Bertz CT molecular complexity index is 1180. The van der Waals surface area contributed by atoms with Crippen molar-refractivity contribution in [1.82, 2.24) is 25.8 Å². The van der Waals surface area contributed by atoms with Crippen LogP contribution in [0.15, 0.2) is 59.0 Å². The summed E-state index contributed by atoms with van der Waals surface area (Å²) >= 11 is 0. The Balaban J connectivity index is 1.48. The molecule has 0 fully saturated rings. The summed E-state index contributed by atoms with van der Waals surface area (Å²) in [7, 11) is 0. The molecule has 0 atom stereocenters. The molecule has 2 aromatic carbocycles. The van der Waals surface area contributed by atoms with E-state index in [0.29, 0.717) is 28.1 Å². The molecule has 2 amide bonds. The van der Waals surface area contributed by atoms with Gasteiger partial charge in [-0.15, -0.1) is 0 Å². The molecule has 0 aliphatic carbocycles. The second-order valence-electron chi connectivity index (χ2n) is 6.48. The van der Waals surface area contributed by atoms with E-state index in [9.17, 15) is 9.59 Å². The average Bonchev–Trinajstić information content (AvgIpc) is 3.14. The monoisotopic (exact) mass is 402 g/mol. The average molecular weight is 402 g/mol. The van der Waals surface area contributed by atoms with Crippen molar-refractivity contribution in [3.8, 4) is 0 Å². The van der Waals surface area contributed by atoms with E-state index in [-0.39, 0.29) is 17.5 Å². The maximum absolute atomic E-state index is 12.6. The molecule has 0 aliphatic rings. The summed E-state index contributed by atoms with van der Waals surface area (Å²) in [6.07, 6.45) is 0. The predicted octanol–water partition coefficient (Wildman–Crippen LogP) is 3.05. The number of aromatic nitrogens is 3. The van der Waals surface area contributed by atoms with E-state index in [4.69, 9.17) is 4.42 Å². The molecule has 30 heavy (non-hydrogen) atoms. The van der Waals surface area contributed by atoms with Crippen molar-refractivity contribution >= 4 is 34.9 Å². The van der Waals surface area contributed by atoms with Crippen molar-refractivity contribution in [2.24, 2.45) is 0 Å². The molecule has 0 bridgehead atoms. The quantitative estimate of drug-likeness (QED) is 0.448. The molecule has 4 rings (SSSR count). The highest BCUT2D eigenvalue weighted by Crippen LogP contribution is 2.21. The minimum Gasteiger partial charge on any atom is -0.423 e. The summed E-state index contributed by atoms with van der Waals surface area (Å²) in [5.41, 5.74) is 7.70. The van der Waals surface area contributed by atoms with Gasteiger partial charge in [-0.3, -0.25) is 25.8 Å². The summed E-state index contributed by atoms with van der Waals surface area (Å²) in [4.78, 5) is 37.6. The SMILES string of the molecule is Cc1nc(Nc2nc3ccccc3o2)nc(C)c1C(=O)NNC(=O)c1ccccc1. The van der Waals surface area contributed by atoms with Crippen molar-refractivity contribution in [3.05, 3.63) is 77.1 Å². The number of benzene rings is 2. The van der Waals surface area contributed by atoms with Crippen LogP contribution in [-0.4, -0.2) is 26.8 Å². The molecular weight excluding hydrogens is 384 g/mol. The number of nitrogens with one attached hydrogen (secondary N) is 3. The molecule has 0 spiro atoms. The number of nitrogens with zero attached hydrogens (tertiary/aromatic N) is 3. The first-order chi connectivity index (χ1) is 14.5. The number of para-hydroxylation sites is 2. The fourth-order valence-electron chi connectivity index (χ4n) is 2.96. The molecule has 0 saturated heterocycles. The number of carbonyl (C=O) groups is 2. The molecule has 3 N–H and O–H groups in total. The molecule has 0 radical (unpaired) electrons. The molecule has 0 unspecified atom stereocenters. The maximum Gasteiger partial charge on any atom is 0.302 e. The third kappa shape index (κ3) is 3.95. The van der Waals surface area contributed by atoms with E-state index in [1.54, 1.807) is 44.2 Å². The van der Waals surface area contributed by atoms with Crippen LogP contribution in [0.3, 0.4) is 0 Å². The van der Waals surface area contributed by atoms with Crippen LogP contribution in [0.2, 0.25) is 0 Å². The number of hydrogen-bond donors (Lipinski definition) is 3. The van der Waals surface area contributed by atoms with Crippen LogP contribution in [-0.2, 0) is 0 Å². The highest BCUT2D eigenvalue weighted by molar-refractivity contribution is 6.00. The molecule has 9 heteroatoms. The van der Waals surface area contributed by atoms with Crippen LogP contribution < -0.4 is 16.2 Å². The Labute approximate surface area is 171 Å². The van der Waals surface area contributed by atoms with Crippen LogP contribution in [0.1, 0.15) is 32.1 Å². The Hall–Kier alpha value is -4.27. The minimum atomic E-state index is -0.511. The summed E-state index contributed by atoms with van der Waals surface area (Å²) < 4.78 is 5.61. The van der Waals surface area contributed by atoms with Crippen LogP contribution in [0.4, 0.5) is 12.0 Å². The molecule has 2 aromatic heterocycles. The molecule has 2 heterocycles. The molecule has 0 aliphatic heterocycles. The summed E-state index contributed by atoms with van der Waals surface area (Å²) in [6.45, 7) is 3.36. The third-order valence-electron chi connectivity index (χ3n) is 4.34. The molecule has 150 valence electrons. The molecular formula is C21H18N6O3. The van der Waals surface area contributed by atoms with Crippen molar-refractivity contribution in [1.29, 1.82) is 0 Å². The Morgan fingerprint density at radius 1 is 0.800 bits per heavy atom. The third-order valence-corrected chi connectivity index (χ3v) is 4.34. The lowest BCUT2D eigenvalue weighted by atomic mass is 10.1. The van der Waals surface area contributed by atoms with Crippen LogP contribution in [0.25, 0.3) is 11.1 Å². The Morgan fingerprint density at radius 3 is 2.13 bits per heavy atom. The standard InChI is InChI=1S/C21H18N6O3/c1-12-17(19(29)27-26-18(28)14-8-4-3-5-9-14)13(2)23-20(22-12)25-21-24-15-10-6-7-11-16(15)30-21/h3-11H,1-2H3,(H,26,28)(H,27,29)(H,22,23,24,25). The first-order valence-electron chi connectivity index (χ1n) is 9.15. The van der Waals surface area contributed by atoms with Gasteiger partial charge in [0.2, 0.25) is 5.95 Å². The van der Waals surface area contributed by atoms with Gasteiger partial charge in [-0.05, 0) is 38.1 Å². The number of aryl methyl sites for hydroxylation is 2. The van der Waals surface area contributed by atoms with E-state index < -0.39 is 11.8 Å². The van der Waals surface area contributed by atoms with Crippen molar-refractivity contribution in [3.63, 3.8) is 0 Å². The zero-order chi connectivity index (χ0) is 21.1. The summed E-state index contributed by atoms with van der Waals surface area (Å²) in [5.74, 6) is -0.682. The maximum atomic E-state index is 12.6. The van der Waals surface area contributed by atoms with E-state index in [1.807, 2.05) is 24.3 Å². The zero-order valence-corrected chi connectivity index (χ0v) is 16.3. The lowest BCUT2D eigenvalue weighted by molar-refractivity contribution is 0.0845. The normalized spacial score (nSPS) is 10.6. The number of oxazole rings is 1. The van der Waals surface area contributed by atoms with E-state index in [1.165, 1.54) is 0 Å². The number of carbonyl (C=O) groups excluding carboxylic acids is 2. The topological polar surface area (TPSA) is 122 Å². The Morgan fingerprint density at radius 2 is 1.43 bits per heavy atom. The van der Waals surface area contributed by atoms with Gasteiger partial charge in [0.1, 0.15) is 5.52 Å². The van der Waals surface area contributed by atoms with Gasteiger partial charge in [-0.1, -0.05) is 30.3 Å². The minimum absolute atomic E-state index is 0.251.